The first kappa shape index (κ1) is 11.5. The lowest BCUT2D eigenvalue weighted by Crippen LogP contribution is -2.06. The maximum absolute atomic E-state index is 4.31. The summed E-state index contributed by atoms with van der Waals surface area (Å²) in [6.07, 6.45) is 6.10. The van der Waals surface area contributed by atoms with Crippen LogP contribution in [-0.2, 0) is 13.1 Å². The average molecular weight is 304 g/mol. The molecule has 3 aromatic rings. The Kier molecular flexibility index (Phi) is 2.96. The first-order valence-electron chi connectivity index (χ1n) is 5.96. The van der Waals surface area contributed by atoms with Gasteiger partial charge in [-0.1, -0.05) is 22.0 Å². The minimum Gasteiger partial charge on any atom is -0.346 e. The Morgan fingerprint density at radius 2 is 2.11 bits per heavy atom. The van der Waals surface area contributed by atoms with Crippen LogP contribution in [0.3, 0.4) is 0 Å². The summed E-state index contributed by atoms with van der Waals surface area (Å²) in [6, 6.07) is 8.51. The third kappa shape index (κ3) is 2.20. The Balaban J connectivity index is 1.84. The fourth-order valence-electron chi connectivity index (χ4n) is 2.15. The van der Waals surface area contributed by atoms with E-state index in [1.807, 2.05) is 10.9 Å². The monoisotopic (exact) mass is 303 g/mol. The lowest BCUT2D eigenvalue weighted by atomic mass is 10.2. The molecule has 4 heteroatoms. The summed E-state index contributed by atoms with van der Waals surface area (Å²) in [7, 11) is 0. The van der Waals surface area contributed by atoms with Crippen LogP contribution in [0, 0.1) is 6.92 Å². The lowest BCUT2D eigenvalue weighted by Gasteiger charge is -2.06. The summed E-state index contributed by atoms with van der Waals surface area (Å²) in [5, 5.41) is 5.58. The standard InChI is InChI=1S/C14H14BrN3/c1-11-9-16-18(10-11)7-6-17-5-4-12-2-3-13(15)8-14(12)17/h2-5,8-10H,6-7H2,1H3. The molecule has 2 aromatic heterocycles. The molecule has 3 nitrogen and oxygen atoms in total. The van der Waals surface area contributed by atoms with Crippen LogP contribution >= 0.6 is 15.9 Å². The van der Waals surface area contributed by atoms with Gasteiger partial charge in [-0.2, -0.15) is 5.10 Å². The van der Waals surface area contributed by atoms with Crippen molar-refractivity contribution in [2.45, 2.75) is 20.0 Å². The van der Waals surface area contributed by atoms with E-state index in [0.29, 0.717) is 0 Å². The second-order valence-electron chi connectivity index (χ2n) is 4.49. The summed E-state index contributed by atoms with van der Waals surface area (Å²) in [5.74, 6) is 0. The molecular weight excluding hydrogens is 290 g/mol. The number of hydrogen-bond acceptors (Lipinski definition) is 1. The molecule has 18 heavy (non-hydrogen) atoms. The maximum Gasteiger partial charge on any atom is 0.0588 e. The van der Waals surface area contributed by atoms with Crippen molar-refractivity contribution in [3.05, 3.63) is 52.9 Å². The number of rotatable bonds is 3. The van der Waals surface area contributed by atoms with Crippen LogP contribution in [0.1, 0.15) is 5.56 Å². The van der Waals surface area contributed by atoms with Gasteiger partial charge in [-0.25, -0.2) is 0 Å². The predicted octanol–water partition coefficient (Wildman–Crippen LogP) is 3.61. The van der Waals surface area contributed by atoms with Gasteiger partial charge in [0.1, 0.15) is 0 Å². The fourth-order valence-corrected chi connectivity index (χ4v) is 2.50. The number of halogens is 1. The number of benzene rings is 1. The van der Waals surface area contributed by atoms with Gasteiger partial charge >= 0.3 is 0 Å². The second kappa shape index (κ2) is 4.61. The molecule has 2 heterocycles. The van der Waals surface area contributed by atoms with Crippen LogP contribution < -0.4 is 0 Å². The number of nitrogens with zero attached hydrogens (tertiary/aromatic N) is 3. The van der Waals surface area contributed by atoms with E-state index in [1.165, 1.54) is 16.5 Å². The summed E-state index contributed by atoms with van der Waals surface area (Å²) in [5.41, 5.74) is 2.46. The van der Waals surface area contributed by atoms with E-state index in [2.05, 4.69) is 69.2 Å². The Morgan fingerprint density at radius 1 is 1.22 bits per heavy atom. The summed E-state index contributed by atoms with van der Waals surface area (Å²) >= 11 is 3.52. The SMILES string of the molecule is Cc1cnn(CCn2ccc3ccc(Br)cc32)c1. The van der Waals surface area contributed by atoms with Crippen molar-refractivity contribution in [1.82, 2.24) is 14.3 Å². The molecule has 0 saturated carbocycles. The van der Waals surface area contributed by atoms with Crippen LogP contribution in [0.4, 0.5) is 0 Å². The highest BCUT2D eigenvalue weighted by molar-refractivity contribution is 9.10. The molecule has 92 valence electrons. The quantitative estimate of drug-likeness (QED) is 0.725. The van der Waals surface area contributed by atoms with Crippen LogP contribution in [0.15, 0.2) is 47.3 Å². The van der Waals surface area contributed by atoms with E-state index in [4.69, 9.17) is 0 Å². The third-order valence-corrected chi connectivity index (χ3v) is 3.56. The van der Waals surface area contributed by atoms with Crippen molar-refractivity contribution >= 4 is 26.8 Å². The van der Waals surface area contributed by atoms with E-state index in [9.17, 15) is 0 Å². The zero-order valence-electron chi connectivity index (χ0n) is 10.2. The highest BCUT2D eigenvalue weighted by atomic mass is 79.9. The number of aryl methyl sites for hydroxylation is 3. The van der Waals surface area contributed by atoms with E-state index >= 15 is 0 Å². The zero-order valence-corrected chi connectivity index (χ0v) is 11.8. The topological polar surface area (TPSA) is 22.8 Å². The van der Waals surface area contributed by atoms with Gasteiger partial charge in [0, 0.05) is 28.9 Å². The average Bonchev–Trinajstić information content (AvgIpc) is 2.93. The second-order valence-corrected chi connectivity index (χ2v) is 5.41. The van der Waals surface area contributed by atoms with Crippen molar-refractivity contribution in [2.75, 3.05) is 0 Å². The summed E-state index contributed by atoms with van der Waals surface area (Å²) in [6.45, 7) is 3.89. The van der Waals surface area contributed by atoms with Crippen molar-refractivity contribution in [1.29, 1.82) is 0 Å². The Bertz CT molecular complexity index is 681. The van der Waals surface area contributed by atoms with Crippen LogP contribution in [0.5, 0.6) is 0 Å². The van der Waals surface area contributed by atoms with Crippen LogP contribution in [0.25, 0.3) is 10.9 Å². The van der Waals surface area contributed by atoms with Gasteiger partial charge in [-0.05, 0) is 36.1 Å². The van der Waals surface area contributed by atoms with E-state index < -0.39 is 0 Å². The first-order valence-corrected chi connectivity index (χ1v) is 6.75. The van der Waals surface area contributed by atoms with Gasteiger partial charge in [0.2, 0.25) is 0 Å². The smallest absolute Gasteiger partial charge is 0.0588 e. The highest BCUT2D eigenvalue weighted by Crippen LogP contribution is 2.20. The number of fused-ring (bicyclic) bond motifs is 1. The molecule has 0 unspecified atom stereocenters. The molecule has 0 N–H and O–H groups in total. The molecule has 0 atom stereocenters. The zero-order chi connectivity index (χ0) is 12.5. The van der Waals surface area contributed by atoms with Gasteiger partial charge in [-0.3, -0.25) is 4.68 Å². The highest BCUT2D eigenvalue weighted by Gasteiger charge is 2.02. The maximum atomic E-state index is 4.31. The summed E-state index contributed by atoms with van der Waals surface area (Å²) < 4.78 is 5.36. The molecule has 0 aliphatic rings. The Labute approximate surface area is 114 Å². The molecule has 0 spiro atoms. The van der Waals surface area contributed by atoms with E-state index in [-0.39, 0.29) is 0 Å². The first-order chi connectivity index (χ1) is 8.72. The largest absolute Gasteiger partial charge is 0.346 e. The van der Waals surface area contributed by atoms with Gasteiger partial charge in [0.15, 0.2) is 0 Å². The fraction of sp³-hybridized carbons (Fsp3) is 0.214. The van der Waals surface area contributed by atoms with Crippen molar-refractivity contribution in [3.8, 4) is 0 Å². The molecular formula is C14H14BrN3. The minimum absolute atomic E-state index is 0.893. The lowest BCUT2D eigenvalue weighted by molar-refractivity contribution is 0.542. The molecule has 0 fully saturated rings. The third-order valence-electron chi connectivity index (χ3n) is 3.07. The normalized spacial score (nSPS) is 11.2. The van der Waals surface area contributed by atoms with E-state index in [0.717, 1.165) is 17.6 Å². The molecule has 0 radical (unpaired) electrons. The van der Waals surface area contributed by atoms with Crippen LogP contribution in [-0.4, -0.2) is 14.3 Å². The van der Waals surface area contributed by atoms with Crippen molar-refractivity contribution in [3.63, 3.8) is 0 Å². The van der Waals surface area contributed by atoms with E-state index in [1.54, 1.807) is 0 Å². The molecule has 0 aliphatic carbocycles. The van der Waals surface area contributed by atoms with Gasteiger partial charge in [0.05, 0.1) is 12.7 Å². The molecule has 0 aliphatic heterocycles. The van der Waals surface area contributed by atoms with Crippen molar-refractivity contribution < 1.29 is 0 Å². The minimum atomic E-state index is 0.893. The molecule has 0 saturated heterocycles. The van der Waals surface area contributed by atoms with Gasteiger partial charge in [0.25, 0.3) is 0 Å². The molecule has 1 aromatic carbocycles. The summed E-state index contributed by atoms with van der Waals surface area (Å²) in [4.78, 5) is 0. The Hall–Kier alpha value is -1.55. The number of hydrogen-bond donors (Lipinski definition) is 0. The van der Waals surface area contributed by atoms with Crippen molar-refractivity contribution in [2.24, 2.45) is 0 Å². The molecule has 0 bridgehead atoms. The number of aromatic nitrogens is 3. The predicted molar refractivity (Wildman–Crippen MR) is 76.6 cm³/mol. The Morgan fingerprint density at radius 3 is 2.89 bits per heavy atom. The van der Waals surface area contributed by atoms with Crippen LogP contribution in [0.2, 0.25) is 0 Å². The molecule has 3 rings (SSSR count). The molecule has 0 amide bonds. The van der Waals surface area contributed by atoms with Gasteiger partial charge in [-0.15, -0.1) is 0 Å². The van der Waals surface area contributed by atoms with Gasteiger partial charge < -0.3 is 4.57 Å².